The average Bonchev–Trinajstić information content (AvgIpc) is 2.82. The fourth-order valence-electron chi connectivity index (χ4n) is 4.20. The molecule has 0 radical (unpaired) electrons. The number of hydrogen-bond donors (Lipinski definition) is 1. The van der Waals surface area contributed by atoms with Crippen molar-refractivity contribution >= 4 is 21.6 Å². The van der Waals surface area contributed by atoms with Crippen molar-refractivity contribution in [1.82, 2.24) is 9.21 Å². The zero-order valence-corrected chi connectivity index (χ0v) is 20.7. The fraction of sp³-hybridized carbons (Fsp3) is 0.296. The molecule has 34 heavy (non-hydrogen) atoms. The Hall–Kier alpha value is -3.00. The molecule has 0 spiro atoms. The van der Waals surface area contributed by atoms with E-state index in [1.165, 1.54) is 0 Å². The van der Waals surface area contributed by atoms with Crippen molar-refractivity contribution < 1.29 is 13.2 Å². The molecular weight excluding hydrogens is 446 g/mol. The van der Waals surface area contributed by atoms with Crippen molar-refractivity contribution in [2.24, 2.45) is 0 Å². The molecule has 0 unspecified atom stereocenters. The largest absolute Gasteiger partial charge is 0.322 e. The highest BCUT2D eigenvalue weighted by molar-refractivity contribution is 7.89. The van der Waals surface area contributed by atoms with Crippen LogP contribution in [0.25, 0.3) is 0 Å². The molecule has 1 aliphatic rings. The van der Waals surface area contributed by atoms with Gasteiger partial charge in [-0.3, -0.25) is 9.69 Å². The van der Waals surface area contributed by atoms with E-state index in [0.29, 0.717) is 43.2 Å². The quantitative estimate of drug-likeness (QED) is 0.572. The number of rotatable bonds is 6. The Morgan fingerprint density at radius 3 is 2.21 bits per heavy atom. The maximum absolute atomic E-state index is 12.9. The van der Waals surface area contributed by atoms with Crippen LogP contribution in [0.15, 0.2) is 71.6 Å². The summed E-state index contributed by atoms with van der Waals surface area (Å²) in [6.07, 6.45) is 0. The third-order valence-electron chi connectivity index (χ3n) is 6.22. The Bertz CT molecular complexity index is 1280. The van der Waals surface area contributed by atoms with Crippen LogP contribution in [0, 0.1) is 20.8 Å². The minimum absolute atomic E-state index is 0.136. The van der Waals surface area contributed by atoms with E-state index in [-0.39, 0.29) is 5.91 Å². The number of piperazine rings is 1. The maximum Gasteiger partial charge on any atom is 0.255 e. The van der Waals surface area contributed by atoms with Gasteiger partial charge in [0.2, 0.25) is 10.0 Å². The average molecular weight is 478 g/mol. The third kappa shape index (κ3) is 5.55. The van der Waals surface area contributed by atoms with Gasteiger partial charge in [0, 0.05) is 44.0 Å². The Labute approximate surface area is 202 Å². The van der Waals surface area contributed by atoms with Crippen LogP contribution in [0.4, 0.5) is 5.69 Å². The SMILES string of the molecule is Cc1ccc(S(=O)(=O)N2CCN(Cc3cccc(C(=O)Nc4ccc(C)cc4C)c3)CC2)cc1. The van der Waals surface area contributed by atoms with Crippen LogP contribution in [0.2, 0.25) is 0 Å². The maximum atomic E-state index is 12.9. The topological polar surface area (TPSA) is 69.7 Å². The lowest BCUT2D eigenvalue weighted by atomic mass is 10.1. The first-order valence-corrected chi connectivity index (χ1v) is 12.9. The number of carbonyl (C=O) groups is 1. The summed E-state index contributed by atoms with van der Waals surface area (Å²) in [5, 5.41) is 3.00. The van der Waals surface area contributed by atoms with Gasteiger partial charge in [-0.2, -0.15) is 4.31 Å². The number of aryl methyl sites for hydroxylation is 3. The molecule has 0 aliphatic carbocycles. The normalized spacial score (nSPS) is 15.3. The molecule has 3 aromatic rings. The molecule has 1 saturated heterocycles. The van der Waals surface area contributed by atoms with E-state index in [2.05, 4.69) is 10.2 Å². The number of nitrogens with zero attached hydrogens (tertiary/aromatic N) is 2. The van der Waals surface area contributed by atoms with Crippen molar-refractivity contribution in [1.29, 1.82) is 0 Å². The molecule has 6 nitrogen and oxygen atoms in total. The number of amides is 1. The van der Waals surface area contributed by atoms with Gasteiger partial charge >= 0.3 is 0 Å². The summed E-state index contributed by atoms with van der Waals surface area (Å²) in [5.41, 5.74) is 5.67. The molecule has 1 heterocycles. The summed E-state index contributed by atoms with van der Waals surface area (Å²) in [6, 6.07) is 20.6. The highest BCUT2D eigenvalue weighted by atomic mass is 32.2. The number of sulfonamides is 1. The molecule has 0 atom stereocenters. The van der Waals surface area contributed by atoms with Crippen molar-refractivity contribution in [2.45, 2.75) is 32.2 Å². The molecule has 1 fully saturated rings. The lowest BCUT2D eigenvalue weighted by Gasteiger charge is -2.34. The van der Waals surface area contributed by atoms with Crippen LogP contribution in [-0.2, 0) is 16.6 Å². The Morgan fingerprint density at radius 2 is 1.53 bits per heavy atom. The Balaban J connectivity index is 1.36. The van der Waals surface area contributed by atoms with Crippen LogP contribution in [-0.4, -0.2) is 49.7 Å². The second-order valence-corrected chi connectivity index (χ2v) is 10.9. The zero-order valence-electron chi connectivity index (χ0n) is 19.9. The lowest BCUT2D eigenvalue weighted by molar-refractivity contribution is 0.102. The lowest BCUT2D eigenvalue weighted by Crippen LogP contribution is -2.48. The molecule has 1 N–H and O–H groups in total. The van der Waals surface area contributed by atoms with Crippen LogP contribution in [0.3, 0.4) is 0 Å². The predicted molar refractivity (Wildman–Crippen MR) is 136 cm³/mol. The number of benzene rings is 3. The number of nitrogens with one attached hydrogen (secondary N) is 1. The van der Waals surface area contributed by atoms with Gasteiger partial charge in [-0.15, -0.1) is 0 Å². The van der Waals surface area contributed by atoms with Gasteiger partial charge in [-0.1, -0.05) is 47.5 Å². The van der Waals surface area contributed by atoms with Crippen LogP contribution < -0.4 is 5.32 Å². The van der Waals surface area contributed by atoms with E-state index in [1.807, 2.05) is 75.4 Å². The van der Waals surface area contributed by atoms with E-state index in [0.717, 1.165) is 27.9 Å². The molecular formula is C27H31N3O3S. The van der Waals surface area contributed by atoms with Crippen molar-refractivity contribution in [3.05, 3.63) is 94.5 Å². The Morgan fingerprint density at radius 1 is 0.853 bits per heavy atom. The molecule has 0 bridgehead atoms. The highest BCUT2D eigenvalue weighted by Gasteiger charge is 2.28. The van der Waals surface area contributed by atoms with E-state index in [1.54, 1.807) is 16.4 Å². The second kappa shape index (κ2) is 10.1. The molecule has 0 aromatic heterocycles. The van der Waals surface area contributed by atoms with Gasteiger partial charge in [-0.05, 0) is 62.2 Å². The van der Waals surface area contributed by atoms with Crippen molar-refractivity contribution in [3.8, 4) is 0 Å². The molecule has 4 rings (SSSR count). The molecule has 1 aliphatic heterocycles. The second-order valence-electron chi connectivity index (χ2n) is 8.97. The highest BCUT2D eigenvalue weighted by Crippen LogP contribution is 2.20. The van der Waals surface area contributed by atoms with Crippen LogP contribution in [0.1, 0.15) is 32.6 Å². The van der Waals surface area contributed by atoms with E-state index in [4.69, 9.17) is 0 Å². The van der Waals surface area contributed by atoms with Gasteiger partial charge in [0.1, 0.15) is 0 Å². The van der Waals surface area contributed by atoms with E-state index >= 15 is 0 Å². The van der Waals surface area contributed by atoms with Crippen molar-refractivity contribution in [2.75, 3.05) is 31.5 Å². The molecule has 0 saturated carbocycles. The summed E-state index contributed by atoms with van der Waals surface area (Å²) >= 11 is 0. The van der Waals surface area contributed by atoms with Crippen LogP contribution >= 0.6 is 0 Å². The first kappa shape index (κ1) is 24.1. The summed E-state index contributed by atoms with van der Waals surface area (Å²) in [5.74, 6) is -0.136. The Kier molecular flexibility index (Phi) is 7.16. The van der Waals surface area contributed by atoms with E-state index in [9.17, 15) is 13.2 Å². The molecule has 7 heteroatoms. The standard InChI is InChI=1S/C27H31N3O3S/c1-20-7-10-25(11-8-20)34(32,33)30-15-13-29(14-16-30)19-23-5-4-6-24(18-23)27(31)28-26-12-9-21(2)17-22(26)3/h4-12,17-18H,13-16,19H2,1-3H3,(H,28,31). The summed E-state index contributed by atoms with van der Waals surface area (Å²) < 4.78 is 27.4. The molecule has 3 aromatic carbocycles. The van der Waals surface area contributed by atoms with Gasteiger partial charge < -0.3 is 5.32 Å². The predicted octanol–water partition coefficient (Wildman–Crippen LogP) is 4.37. The summed E-state index contributed by atoms with van der Waals surface area (Å²) in [4.78, 5) is 15.4. The number of hydrogen-bond acceptors (Lipinski definition) is 4. The third-order valence-corrected chi connectivity index (χ3v) is 8.13. The number of carbonyl (C=O) groups excluding carboxylic acids is 1. The monoisotopic (exact) mass is 477 g/mol. The minimum atomic E-state index is -3.48. The van der Waals surface area contributed by atoms with Crippen LogP contribution in [0.5, 0.6) is 0 Å². The summed E-state index contributed by atoms with van der Waals surface area (Å²) in [7, 11) is -3.48. The molecule has 178 valence electrons. The fourth-order valence-corrected chi connectivity index (χ4v) is 5.63. The van der Waals surface area contributed by atoms with Gasteiger partial charge in [-0.25, -0.2) is 8.42 Å². The first-order valence-electron chi connectivity index (χ1n) is 11.5. The summed E-state index contributed by atoms with van der Waals surface area (Å²) in [6.45, 7) is 8.80. The van der Waals surface area contributed by atoms with E-state index < -0.39 is 10.0 Å². The smallest absolute Gasteiger partial charge is 0.255 e. The van der Waals surface area contributed by atoms with Gasteiger partial charge in [0.05, 0.1) is 4.90 Å². The van der Waals surface area contributed by atoms with Crippen molar-refractivity contribution in [3.63, 3.8) is 0 Å². The zero-order chi connectivity index (χ0) is 24.3. The van der Waals surface area contributed by atoms with Gasteiger partial charge in [0.25, 0.3) is 5.91 Å². The first-order chi connectivity index (χ1) is 16.2. The number of anilines is 1. The van der Waals surface area contributed by atoms with Gasteiger partial charge in [0.15, 0.2) is 0 Å². The minimum Gasteiger partial charge on any atom is -0.322 e. The molecule has 1 amide bonds.